The highest BCUT2D eigenvalue weighted by atomic mass is 35.5. The number of rotatable bonds is 2. The summed E-state index contributed by atoms with van der Waals surface area (Å²) in [7, 11) is 1.60. The fourth-order valence-corrected chi connectivity index (χ4v) is 2.09. The van der Waals surface area contributed by atoms with E-state index in [2.05, 4.69) is 9.99 Å². The molecular weight excluding hydrogens is 275 g/mol. The Morgan fingerprint density at radius 3 is 2.79 bits per heavy atom. The number of guanidine groups is 1. The van der Waals surface area contributed by atoms with Crippen molar-refractivity contribution in [3.8, 4) is 0 Å². The molecule has 0 unspecified atom stereocenters. The molecule has 0 aliphatic rings. The molecule has 0 aliphatic heterocycles. The van der Waals surface area contributed by atoms with Gasteiger partial charge in [-0.2, -0.15) is 0 Å². The Balaban J connectivity index is 2.55. The molecule has 1 aromatic carbocycles. The SMILES string of the molecule is Cn1c(C(=O)ON=C(N)N)c(Cl)c2cc(F)ccc21. The van der Waals surface area contributed by atoms with Gasteiger partial charge in [-0.15, -0.1) is 0 Å². The quantitative estimate of drug-likeness (QED) is 0.376. The molecule has 0 radical (unpaired) electrons. The van der Waals surface area contributed by atoms with Crippen LogP contribution in [0.1, 0.15) is 10.5 Å². The van der Waals surface area contributed by atoms with Crippen LogP contribution in [-0.2, 0) is 11.9 Å². The Morgan fingerprint density at radius 1 is 1.47 bits per heavy atom. The monoisotopic (exact) mass is 284 g/mol. The van der Waals surface area contributed by atoms with Gasteiger partial charge in [0.2, 0.25) is 5.96 Å². The molecule has 100 valence electrons. The van der Waals surface area contributed by atoms with Crippen molar-refractivity contribution >= 4 is 34.4 Å². The molecule has 4 N–H and O–H groups in total. The molecule has 2 rings (SSSR count). The number of oxime groups is 1. The van der Waals surface area contributed by atoms with Gasteiger partial charge in [-0.1, -0.05) is 11.6 Å². The molecule has 0 bridgehead atoms. The molecule has 0 amide bonds. The number of aryl methyl sites for hydroxylation is 1. The molecule has 8 heteroatoms. The zero-order chi connectivity index (χ0) is 14.2. The predicted molar refractivity (Wildman–Crippen MR) is 69.1 cm³/mol. The second-order valence-corrected chi connectivity index (χ2v) is 4.16. The summed E-state index contributed by atoms with van der Waals surface area (Å²) in [6.07, 6.45) is 0. The van der Waals surface area contributed by atoms with Gasteiger partial charge >= 0.3 is 5.97 Å². The number of hydrogen-bond acceptors (Lipinski definition) is 3. The van der Waals surface area contributed by atoms with E-state index in [1.807, 2.05) is 0 Å². The smallest absolute Gasteiger partial charge is 0.367 e. The van der Waals surface area contributed by atoms with Crippen molar-refractivity contribution in [2.75, 3.05) is 0 Å². The molecule has 2 aromatic rings. The van der Waals surface area contributed by atoms with Crippen LogP contribution in [0.25, 0.3) is 10.9 Å². The first-order valence-electron chi connectivity index (χ1n) is 5.15. The Morgan fingerprint density at radius 2 is 2.16 bits per heavy atom. The second-order valence-electron chi connectivity index (χ2n) is 3.78. The van der Waals surface area contributed by atoms with Gasteiger partial charge in [0.05, 0.1) is 10.5 Å². The van der Waals surface area contributed by atoms with E-state index in [0.29, 0.717) is 10.9 Å². The first-order chi connectivity index (χ1) is 8.91. The molecule has 6 nitrogen and oxygen atoms in total. The zero-order valence-electron chi connectivity index (χ0n) is 9.85. The average Bonchev–Trinajstić information content (AvgIpc) is 2.59. The van der Waals surface area contributed by atoms with Crippen molar-refractivity contribution in [2.45, 2.75) is 0 Å². The second kappa shape index (κ2) is 4.77. The van der Waals surface area contributed by atoms with E-state index < -0.39 is 17.7 Å². The molecule has 0 aliphatic carbocycles. The van der Waals surface area contributed by atoms with Gasteiger partial charge in [0.15, 0.2) is 0 Å². The highest BCUT2D eigenvalue weighted by Crippen LogP contribution is 2.30. The Hall–Kier alpha value is -2.28. The highest BCUT2D eigenvalue weighted by molar-refractivity contribution is 6.38. The predicted octanol–water partition coefficient (Wildman–Crippen LogP) is 1.32. The minimum absolute atomic E-state index is 0.0345. The zero-order valence-corrected chi connectivity index (χ0v) is 10.6. The topological polar surface area (TPSA) is 95.6 Å². The lowest BCUT2D eigenvalue weighted by molar-refractivity contribution is 0.0504. The van der Waals surface area contributed by atoms with Gasteiger partial charge in [0.1, 0.15) is 11.5 Å². The largest absolute Gasteiger partial charge is 0.383 e. The molecule has 1 heterocycles. The Labute approximate surface area is 112 Å². The maximum absolute atomic E-state index is 13.2. The molecule has 0 atom stereocenters. The number of carbonyl (C=O) groups is 1. The normalized spacial score (nSPS) is 10.5. The summed E-state index contributed by atoms with van der Waals surface area (Å²) in [5.74, 6) is -1.68. The third-order valence-electron chi connectivity index (χ3n) is 2.53. The summed E-state index contributed by atoms with van der Waals surface area (Å²) in [4.78, 5) is 16.3. The summed E-state index contributed by atoms with van der Waals surface area (Å²) < 4.78 is 14.6. The van der Waals surface area contributed by atoms with E-state index >= 15 is 0 Å². The van der Waals surface area contributed by atoms with E-state index in [9.17, 15) is 9.18 Å². The number of fused-ring (bicyclic) bond motifs is 1. The third kappa shape index (κ3) is 2.32. The minimum atomic E-state index is -0.836. The summed E-state index contributed by atoms with van der Waals surface area (Å²) in [5.41, 5.74) is 10.7. The van der Waals surface area contributed by atoms with Crippen molar-refractivity contribution in [3.63, 3.8) is 0 Å². The van der Waals surface area contributed by atoms with Gasteiger partial charge in [0.25, 0.3) is 0 Å². The van der Waals surface area contributed by atoms with Crippen molar-refractivity contribution in [2.24, 2.45) is 23.7 Å². The van der Waals surface area contributed by atoms with E-state index in [0.717, 1.165) is 0 Å². The van der Waals surface area contributed by atoms with Gasteiger partial charge in [-0.3, -0.25) is 0 Å². The fraction of sp³-hybridized carbons (Fsp3) is 0.0909. The summed E-state index contributed by atoms with van der Waals surface area (Å²) in [5, 5.41) is 3.63. The van der Waals surface area contributed by atoms with Crippen molar-refractivity contribution in [1.82, 2.24) is 4.57 Å². The molecule has 19 heavy (non-hydrogen) atoms. The van der Waals surface area contributed by atoms with E-state index in [4.69, 9.17) is 23.1 Å². The lowest BCUT2D eigenvalue weighted by Gasteiger charge is -2.01. The van der Waals surface area contributed by atoms with Gasteiger partial charge in [-0.25, -0.2) is 9.18 Å². The molecule has 0 saturated heterocycles. The lowest BCUT2D eigenvalue weighted by atomic mass is 10.2. The number of benzene rings is 1. The third-order valence-corrected chi connectivity index (χ3v) is 2.91. The summed E-state index contributed by atoms with van der Waals surface area (Å²) >= 11 is 6.05. The van der Waals surface area contributed by atoms with Crippen LogP contribution in [0.15, 0.2) is 23.4 Å². The van der Waals surface area contributed by atoms with Crippen LogP contribution in [0.4, 0.5) is 4.39 Å². The van der Waals surface area contributed by atoms with E-state index in [1.54, 1.807) is 7.05 Å². The first-order valence-corrected chi connectivity index (χ1v) is 5.53. The standard InChI is InChI=1S/C11H10ClFN4O2/c1-17-7-3-2-5(13)4-6(7)8(12)9(17)10(18)19-16-11(14)15/h2-4H,1H3,(H4,14,15,16). The Kier molecular flexibility index (Phi) is 3.30. The van der Waals surface area contributed by atoms with E-state index in [-0.39, 0.29) is 10.7 Å². The number of halogens is 2. The van der Waals surface area contributed by atoms with Gasteiger partial charge < -0.3 is 20.9 Å². The average molecular weight is 285 g/mol. The lowest BCUT2D eigenvalue weighted by Crippen LogP contribution is -2.23. The number of hydrogen-bond donors (Lipinski definition) is 2. The van der Waals surface area contributed by atoms with Crippen LogP contribution >= 0.6 is 11.6 Å². The Bertz CT molecular complexity index is 692. The number of nitrogens with zero attached hydrogens (tertiary/aromatic N) is 2. The van der Waals surface area contributed by atoms with Crippen molar-refractivity contribution < 1.29 is 14.0 Å². The van der Waals surface area contributed by atoms with Crippen molar-refractivity contribution in [3.05, 3.63) is 34.7 Å². The molecular formula is C11H10ClFN4O2. The van der Waals surface area contributed by atoms with Crippen LogP contribution in [0.3, 0.4) is 0 Å². The summed E-state index contributed by atoms with van der Waals surface area (Å²) in [6.45, 7) is 0. The number of aromatic nitrogens is 1. The fourth-order valence-electron chi connectivity index (χ4n) is 1.74. The number of nitrogens with two attached hydrogens (primary N) is 2. The molecule has 0 fully saturated rings. The molecule has 0 spiro atoms. The van der Waals surface area contributed by atoms with Crippen molar-refractivity contribution in [1.29, 1.82) is 0 Å². The van der Waals surface area contributed by atoms with Gasteiger partial charge in [-0.05, 0) is 23.4 Å². The molecule has 0 saturated carbocycles. The maximum Gasteiger partial charge on any atom is 0.383 e. The van der Waals surface area contributed by atoms with Crippen LogP contribution in [0, 0.1) is 5.82 Å². The van der Waals surface area contributed by atoms with Crippen LogP contribution in [-0.4, -0.2) is 16.5 Å². The van der Waals surface area contributed by atoms with Crippen LogP contribution < -0.4 is 11.5 Å². The van der Waals surface area contributed by atoms with Crippen LogP contribution in [0.2, 0.25) is 5.02 Å². The van der Waals surface area contributed by atoms with Crippen LogP contribution in [0.5, 0.6) is 0 Å². The number of carbonyl (C=O) groups excluding carboxylic acids is 1. The van der Waals surface area contributed by atoms with Gasteiger partial charge in [0, 0.05) is 12.4 Å². The summed E-state index contributed by atoms with van der Waals surface area (Å²) in [6, 6.07) is 4.01. The minimum Gasteiger partial charge on any atom is -0.367 e. The maximum atomic E-state index is 13.2. The molecule has 1 aromatic heterocycles. The van der Waals surface area contributed by atoms with E-state index in [1.165, 1.54) is 22.8 Å². The first kappa shape index (κ1) is 13.2. The highest BCUT2D eigenvalue weighted by Gasteiger charge is 2.22.